The van der Waals surface area contributed by atoms with Gasteiger partial charge in [-0.15, -0.1) is 11.6 Å². The number of hydrogen-bond acceptors (Lipinski definition) is 2. The Morgan fingerprint density at radius 3 is 2.44 bits per heavy atom. The van der Waals surface area contributed by atoms with E-state index in [9.17, 15) is 8.42 Å². The zero-order valence-electron chi connectivity index (χ0n) is 10.2. The summed E-state index contributed by atoms with van der Waals surface area (Å²) in [4.78, 5) is 0.284. The van der Waals surface area contributed by atoms with Crippen LogP contribution in [0.5, 0.6) is 0 Å². The lowest BCUT2D eigenvalue weighted by Gasteiger charge is -2.14. The van der Waals surface area contributed by atoms with Crippen molar-refractivity contribution in [3.8, 4) is 0 Å². The molecular formula is C12H17BrClNO2S. The summed E-state index contributed by atoms with van der Waals surface area (Å²) in [6.45, 7) is 2.47. The monoisotopic (exact) mass is 353 g/mol. The molecule has 1 aromatic rings. The zero-order chi connectivity index (χ0) is 13.6. The van der Waals surface area contributed by atoms with Gasteiger partial charge < -0.3 is 0 Å². The predicted octanol–water partition coefficient (Wildman–Crippen LogP) is 3.38. The van der Waals surface area contributed by atoms with E-state index in [0.29, 0.717) is 12.4 Å². The summed E-state index contributed by atoms with van der Waals surface area (Å²) in [5, 5.41) is 0. The molecular weight excluding hydrogens is 338 g/mol. The van der Waals surface area contributed by atoms with Crippen LogP contribution in [0.4, 0.5) is 0 Å². The molecule has 0 aliphatic heterocycles. The van der Waals surface area contributed by atoms with Crippen LogP contribution in [0.15, 0.2) is 33.6 Å². The van der Waals surface area contributed by atoms with Crippen LogP contribution in [-0.2, 0) is 10.0 Å². The Bertz CT molecular complexity index is 461. The number of nitrogens with one attached hydrogen (secondary N) is 1. The van der Waals surface area contributed by atoms with Gasteiger partial charge in [-0.25, -0.2) is 13.1 Å². The molecule has 0 bridgehead atoms. The Morgan fingerprint density at radius 1 is 1.33 bits per heavy atom. The standard InChI is InChI=1S/C12H17BrClNO2S/c1-2-10(7-8-14)9-15-18(16,17)12-5-3-11(13)4-6-12/h3-6,10,15H,2,7-9H2,1H3. The number of halogens is 2. The summed E-state index contributed by atoms with van der Waals surface area (Å²) >= 11 is 8.95. The largest absolute Gasteiger partial charge is 0.240 e. The Labute approximate surface area is 122 Å². The van der Waals surface area contributed by atoms with E-state index in [1.807, 2.05) is 6.92 Å². The van der Waals surface area contributed by atoms with Crippen LogP contribution in [0.2, 0.25) is 0 Å². The third kappa shape index (κ3) is 4.88. The van der Waals surface area contributed by atoms with Gasteiger partial charge in [0.1, 0.15) is 0 Å². The van der Waals surface area contributed by atoms with E-state index in [-0.39, 0.29) is 10.8 Å². The van der Waals surface area contributed by atoms with Crippen molar-refractivity contribution in [1.82, 2.24) is 4.72 Å². The van der Waals surface area contributed by atoms with Crippen molar-refractivity contribution in [3.05, 3.63) is 28.7 Å². The lowest BCUT2D eigenvalue weighted by atomic mass is 10.0. The number of hydrogen-bond donors (Lipinski definition) is 1. The molecule has 0 saturated heterocycles. The van der Waals surface area contributed by atoms with Crippen LogP contribution < -0.4 is 4.72 Å². The maximum Gasteiger partial charge on any atom is 0.240 e. The lowest BCUT2D eigenvalue weighted by Crippen LogP contribution is -2.29. The molecule has 3 nitrogen and oxygen atoms in total. The summed E-state index contributed by atoms with van der Waals surface area (Å²) in [5.41, 5.74) is 0. The normalized spacial score (nSPS) is 13.5. The summed E-state index contributed by atoms with van der Waals surface area (Å²) in [6.07, 6.45) is 1.73. The van der Waals surface area contributed by atoms with E-state index in [1.54, 1.807) is 24.3 Å². The Kier molecular flexibility index (Phi) is 6.63. The van der Waals surface area contributed by atoms with Gasteiger partial charge in [0.2, 0.25) is 10.0 Å². The first kappa shape index (κ1) is 16.0. The predicted molar refractivity (Wildman–Crippen MR) is 78.4 cm³/mol. The molecule has 1 atom stereocenters. The van der Waals surface area contributed by atoms with Crippen LogP contribution in [0.1, 0.15) is 19.8 Å². The van der Waals surface area contributed by atoms with Gasteiger partial charge in [-0.2, -0.15) is 0 Å². The molecule has 18 heavy (non-hydrogen) atoms. The van der Waals surface area contributed by atoms with Crippen molar-refractivity contribution in [2.75, 3.05) is 12.4 Å². The van der Waals surface area contributed by atoms with Gasteiger partial charge in [0.05, 0.1) is 4.90 Å². The zero-order valence-corrected chi connectivity index (χ0v) is 13.4. The minimum Gasteiger partial charge on any atom is -0.211 e. The molecule has 1 N–H and O–H groups in total. The number of sulfonamides is 1. The van der Waals surface area contributed by atoms with Gasteiger partial charge in [0, 0.05) is 16.9 Å². The maximum absolute atomic E-state index is 12.0. The summed E-state index contributed by atoms with van der Waals surface area (Å²) in [5.74, 6) is 0.839. The molecule has 0 spiro atoms. The summed E-state index contributed by atoms with van der Waals surface area (Å²) in [7, 11) is -3.41. The van der Waals surface area contributed by atoms with Crippen LogP contribution in [-0.4, -0.2) is 20.8 Å². The Morgan fingerprint density at radius 2 is 1.94 bits per heavy atom. The minimum atomic E-state index is -3.41. The van der Waals surface area contributed by atoms with Gasteiger partial charge >= 0.3 is 0 Å². The van der Waals surface area contributed by atoms with E-state index in [2.05, 4.69) is 20.7 Å². The summed E-state index contributed by atoms with van der Waals surface area (Å²) in [6, 6.07) is 6.58. The van der Waals surface area contributed by atoms with Crippen molar-refractivity contribution < 1.29 is 8.42 Å². The van der Waals surface area contributed by atoms with E-state index < -0.39 is 10.0 Å². The minimum absolute atomic E-state index is 0.284. The third-order valence-electron chi connectivity index (χ3n) is 2.78. The van der Waals surface area contributed by atoms with Crippen LogP contribution >= 0.6 is 27.5 Å². The fourth-order valence-electron chi connectivity index (χ4n) is 1.53. The lowest BCUT2D eigenvalue weighted by molar-refractivity contribution is 0.481. The first-order chi connectivity index (χ1) is 8.49. The van der Waals surface area contributed by atoms with Crippen molar-refractivity contribution in [2.45, 2.75) is 24.7 Å². The maximum atomic E-state index is 12.0. The van der Waals surface area contributed by atoms with Gasteiger partial charge in [-0.1, -0.05) is 29.3 Å². The van der Waals surface area contributed by atoms with Crippen molar-refractivity contribution in [2.24, 2.45) is 5.92 Å². The van der Waals surface area contributed by atoms with Gasteiger partial charge in [0.15, 0.2) is 0 Å². The Balaban J connectivity index is 2.67. The average molecular weight is 355 g/mol. The topological polar surface area (TPSA) is 46.2 Å². The molecule has 0 aliphatic carbocycles. The Hall–Kier alpha value is -0.100. The van der Waals surface area contributed by atoms with E-state index in [1.165, 1.54) is 0 Å². The molecule has 0 heterocycles. The number of alkyl halides is 1. The fraction of sp³-hybridized carbons (Fsp3) is 0.500. The van der Waals surface area contributed by atoms with Crippen molar-refractivity contribution >= 4 is 37.6 Å². The second-order valence-electron chi connectivity index (χ2n) is 4.06. The second kappa shape index (κ2) is 7.48. The first-order valence-corrected chi connectivity index (χ1v) is 8.62. The second-order valence-corrected chi connectivity index (χ2v) is 7.12. The molecule has 0 radical (unpaired) electrons. The van der Waals surface area contributed by atoms with Gasteiger partial charge in [-0.05, 0) is 36.6 Å². The molecule has 0 fully saturated rings. The third-order valence-corrected chi connectivity index (χ3v) is 4.97. The quantitative estimate of drug-likeness (QED) is 0.763. The summed E-state index contributed by atoms with van der Waals surface area (Å²) < 4.78 is 27.5. The van der Waals surface area contributed by atoms with Gasteiger partial charge in [-0.3, -0.25) is 0 Å². The average Bonchev–Trinajstić information content (AvgIpc) is 2.35. The molecule has 102 valence electrons. The molecule has 0 aliphatic rings. The molecule has 6 heteroatoms. The van der Waals surface area contributed by atoms with E-state index in [0.717, 1.165) is 17.3 Å². The van der Waals surface area contributed by atoms with Crippen LogP contribution in [0.3, 0.4) is 0 Å². The first-order valence-electron chi connectivity index (χ1n) is 5.80. The van der Waals surface area contributed by atoms with Crippen LogP contribution in [0.25, 0.3) is 0 Å². The molecule has 0 amide bonds. The van der Waals surface area contributed by atoms with Gasteiger partial charge in [0.25, 0.3) is 0 Å². The van der Waals surface area contributed by atoms with Crippen LogP contribution in [0, 0.1) is 5.92 Å². The SMILES string of the molecule is CCC(CCCl)CNS(=O)(=O)c1ccc(Br)cc1. The highest BCUT2D eigenvalue weighted by molar-refractivity contribution is 9.10. The molecule has 1 rings (SSSR count). The highest BCUT2D eigenvalue weighted by Crippen LogP contribution is 2.15. The highest BCUT2D eigenvalue weighted by Gasteiger charge is 2.15. The fourth-order valence-corrected chi connectivity index (χ4v) is 3.22. The van der Waals surface area contributed by atoms with Crippen molar-refractivity contribution in [1.29, 1.82) is 0 Å². The van der Waals surface area contributed by atoms with E-state index in [4.69, 9.17) is 11.6 Å². The van der Waals surface area contributed by atoms with Crippen molar-refractivity contribution in [3.63, 3.8) is 0 Å². The smallest absolute Gasteiger partial charge is 0.211 e. The molecule has 0 saturated carbocycles. The molecule has 1 aromatic carbocycles. The number of rotatable bonds is 7. The number of benzene rings is 1. The highest BCUT2D eigenvalue weighted by atomic mass is 79.9. The van der Waals surface area contributed by atoms with E-state index >= 15 is 0 Å². The molecule has 1 unspecified atom stereocenters. The molecule has 0 aromatic heterocycles.